The molecular formula is C12H14N4O2. The van der Waals surface area contributed by atoms with Crippen LogP contribution in [0.4, 0.5) is 17.3 Å². The highest BCUT2D eigenvalue weighted by molar-refractivity contribution is 5.60. The number of nitrogens with zero attached hydrogens (tertiary/aromatic N) is 2. The Morgan fingerprint density at radius 2 is 1.67 bits per heavy atom. The number of benzene rings is 1. The van der Waals surface area contributed by atoms with Crippen LogP contribution in [0.3, 0.4) is 0 Å². The van der Waals surface area contributed by atoms with Crippen molar-refractivity contribution in [1.29, 1.82) is 0 Å². The second-order valence-corrected chi connectivity index (χ2v) is 3.55. The van der Waals surface area contributed by atoms with Crippen LogP contribution >= 0.6 is 0 Å². The fourth-order valence-electron chi connectivity index (χ4n) is 1.43. The number of ether oxygens (including phenoxy) is 2. The second kappa shape index (κ2) is 5.22. The van der Waals surface area contributed by atoms with Gasteiger partial charge in [-0.05, 0) is 0 Å². The molecule has 1 aromatic heterocycles. The molecule has 6 heteroatoms. The molecule has 0 saturated carbocycles. The average Bonchev–Trinajstić information content (AvgIpc) is 2.41. The van der Waals surface area contributed by atoms with Gasteiger partial charge in [-0.15, -0.1) is 0 Å². The molecule has 0 saturated heterocycles. The smallest absolute Gasteiger partial charge is 0.149 e. The van der Waals surface area contributed by atoms with Crippen molar-refractivity contribution in [2.75, 3.05) is 25.3 Å². The number of anilines is 3. The molecule has 0 radical (unpaired) electrons. The van der Waals surface area contributed by atoms with E-state index in [1.165, 1.54) is 6.20 Å². The van der Waals surface area contributed by atoms with Crippen LogP contribution in [-0.2, 0) is 0 Å². The molecule has 1 aromatic carbocycles. The van der Waals surface area contributed by atoms with Gasteiger partial charge in [0, 0.05) is 23.9 Å². The van der Waals surface area contributed by atoms with Gasteiger partial charge in [0.2, 0.25) is 0 Å². The summed E-state index contributed by atoms with van der Waals surface area (Å²) in [7, 11) is 3.20. The van der Waals surface area contributed by atoms with Crippen molar-refractivity contribution in [3.05, 3.63) is 30.6 Å². The molecule has 2 rings (SSSR count). The number of methoxy groups -OCH3 is 2. The number of hydrogen-bond acceptors (Lipinski definition) is 6. The van der Waals surface area contributed by atoms with E-state index < -0.39 is 0 Å². The third-order valence-corrected chi connectivity index (χ3v) is 2.30. The molecule has 3 N–H and O–H groups in total. The molecule has 1 heterocycles. The van der Waals surface area contributed by atoms with Crippen LogP contribution in [0.1, 0.15) is 0 Å². The summed E-state index contributed by atoms with van der Waals surface area (Å²) < 4.78 is 10.4. The largest absolute Gasteiger partial charge is 0.497 e. The van der Waals surface area contributed by atoms with Gasteiger partial charge in [0.1, 0.15) is 23.1 Å². The fraction of sp³-hybridized carbons (Fsp3) is 0.167. The summed E-state index contributed by atoms with van der Waals surface area (Å²) in [4.78, 5) is 8.06. The number of aromatic nitrogens is 2. The first-order chi connectivity index (χ1) is 8.71. The lowest BCUT2D eigenvalue weighted by Gasteiger charge is -2.09. The summed E-state index contributed by atoms with van der Waals surface area (Å²) in [6.45, 7) is 0. The van der Waals surface area contributed by atoms with E-state index in [4.69, 9.17) is 15.2 Å². The third-order valence-electron chi connectivity index (χ3n) is 2.30. The summed E-state index contributed by atoms with van der Waals surface area (Å²) >= 11 is 0. The van der Waals surface area contributed by atoms with Gasteiger partial charge in [-0.1, -0.05) is 0 Å². The summed E-state index contributed by atoms with van der Waals surface area (Å²) in [6, 6.07) is 5.46. The van der Waals surface area contributed by atoms with E-state index in [2.05, 4.69) is 15.3 Å². The van der Waals surface area contributed by atoms with Crippen LogP contribution in [0.2, 0.25) is 0 Å². The molecule has 94 valence electrons. The predicted octanol–water partition coefficient (Wildman–Crippen LogP) is 1.82. The zero-order chi connectivity index (χ0) is 13.0. The van der Waals surface area contributed by atoms with Crippen molar-refractivity contribution >= 4 is 17.3 Å². The number of rotatable bonds is 4. The highest BCUT2D eigenvalue weighted by Crippen LogP contribution is 2.27. The normalized spacial score (nSPS) is 9.89. The lowest BCUT2D eigenvalue weighted by atomic mass is 10.2. The number of nitrogens with one attached hydrogen (secondary N) is 1. The molecule has 6 nitrogen and oxygen atoms in total. The standard InChI is InChI=1S/C12H14N4O2/c1-17-9-3-8(4-10(5-9)18-2)16-12-7-14-11(13)6-15-12/h3-7H,1-2H3,(H2,13,14)(H,15,16). The van der Waals surface area contributed by atoms with Gasteiger partial charge < -0.3 is 20.5 Å². The molecule has 0 unspecified atom stereocenters. The minimum atomic E-state index is 0.378. The topological polar surface area (TPSA) is 82.3 Å². The quantitative estimate of drug-likeness (QED) is 0.856. The maximum absolute atomic E-state index is 5.47. The molecule has 0 spiro atoms. The number of nitrogens with two attached hydrogens (primary N) is 1. The number of hydrogen-bond donors (Lipinski definition) is 2. The molecule has 0 aliphatic heterocycles. The maximum Gasteiger partial charge on any atom is 0.149 e. The highest BCUT2D eigenvalue weighted by atomic mass is 16.5. The van der Waals surface area contributed by atoms with Gasteiger partial charge in [0.25, 0.3) is 0 Å². The Bertz CT molecular complexity index is 506. The predicted molar refractivity (Wildman–Crippen MR) is 69.3 cm³/mol. The molecule has 2 aromatic rings. The van der Waals surface area contributed by atoms with Gasteiger partial charge in [0.05, 0.1) is 26.6 Å². The summed E-state index contributed by atoms with van der Waals surface area (Å²) in [6.07, 6.45) is 3.04. The van der Waals surface area contributed by atoms with E-state index in [0.717, 1.165) is 5.69 Å². The Morgan fingerprint density at radius 1 is 1.00 bits per heavy atom. The molecule has 0 bridgehead atoms. The van der Waals surface area contributed by atoms with Gasteiger partial charge in [-0.25, -0.2) is 9.97 Å². The van der Waals surface area contributed by atoms with Crippen molar-refractivity contribution in [1.82, 2.24) is 9.97 Å². The van der Waals surface area contributed by atoms with Crippen molar-refractivity contribution in [2.45, 2.75) is 0 Å². The van der Waals surface area contributed by atoms with E-state index in [1.807, 2.05) is 12.1 Å². The van der Waals surface area contributed by atoms with E-state index in [1.54, 1.807) is 26.5 Å². The summed E-state index contributed by atoms with van der Waals surface area (Å²) in [5, 5.41) is 3.09. The number of nitrogen functional groups attached to an aromatic ring is 1. The van der Waals surface area contributed by atoms with Crippen LogP contribution in [0.15, 0.2) is 30.6 Å². The average molecular weight is 246 g/mol. The van der Waals surface area contributed by atoms with E-state index >= 15 is 0 Å². The molecule has 0 atom stereocenters. The first kappa shape index (κ1) is 12.0. The minimum absolute atomic E-state index is 0.378. The first-order valence-corrected chi connectivity index (χ1v) is 5.29. The summed E-state index contributed by atoms with van der Waals surface area (Å²) in [5.41, 5.74) is 6.27. The Kier molecular flexibility index (Phi) is 3.47. The molecule has 0 aliphatic rings. The Balaban J connectivity index is 2.25. The first-order valence-electron chi connectivity index (χ1n) is 5.29. The van der Waals surface area contributed by atoms with Crippen LogP contribution in [0.25, 0.3) is 0 Å². The van der Waals surface area contributed by atoms with Crippen LogP contribution in [0, 0.1) is 0 Å². The molecular weight excluding hydrogens is 232 g/mol. The molecule has 0 aliphatic carbocycles. The SMILES string of the molecule is COc1cc(Nc2cnc(N)cn2)cc(OC)c1. The Labute approximate surface area is 105 Å². The highest BCUT2D eigenvalue weighted by Gasteiger charge is 2.03. The monoisotopic (exact) mass is 246 g/mol. The molecule has 0 amide bonds. The fourth-order valence-corrected chi connectivity index (χ4v) is 1.43. The van der Waals surface area contributed by atoms with Gasteiger partial charge >= 0.3 is 0 Å². The lowest BCUT2D eigenvalue weighted by molar-refractivity contribution is 0.395. The van der Waals surface area contributed by atoms with E-state index in [-0.39, 0.29) is 0 Å². The zero-order valence-electron chi connectivity index (χ0n) is 10.2. The van der Waals surface area contributed by atoms with Crippen molar-refractivity contribution in [3.63, 3.8) is 0 Å². The zero-order valence-corrected chi connectivity index (χ0v) is 10.2. The van der Waals surface area contributed by atoms with Crippen molar-refractivity contribution < 1.29 is 9.47 Å². The third kappa shape index (κ3) is 2.79. The summed E-state index contributed by atoms with van der Waals surface area (Å²) in [5.74, 6) is 2.36. The van der Waals surface area contributed by atoms with Gasteiger partial charge in [-0.2, -0.15) is 0 Å². The maximum atomic E-state index is 5.47. The molecule has 18 heavy (non-hydrogen) atoms. The van der Waals surface area contributed by atoms with Crippen LogP contribution < -0.4 is 20.5 Å². The van der Waals surface area contributed by atoms with E-state index in [9.17, 15) is 0 Å². The van der Waals surface area contributed by atoms with Crippen LogP contribution in [0.5, 0.6) is 11.5 Å². The van der Waals surface area contributed by atoms with E-state index in [0.29, 0.717) is 23.1 Å². The lowest BCUT2D eigenvalue weighted by Crippen LogP contribution is -1.98. The van der Waals surface area contributed by atoms with Crippen LogP contribution in [-0.4, -0.2) is 24.2 Å². The Morgan fingerprint density at radius 3 is 2.17 bits per heavy atom. The van der Waals surface area contributed by atoms with Crippen molar-refractivity contribution in [3.8, 4) is 11.5 Å². The second-order valence-electron chi connectivity index (χ2n) is 3.55. The van der Waals surface area contributed by atoms with Gasteiger partial charge in [-0.3, -0.25) is 0 Å². The van der Waals surface area contributed by atoms with Crippen molar-refractivity contribution in [2.24, 2.45) is 0 Å². The minimum Gasteiger partial charge on any atom is -0.497 e. The Hall–Kier alpha value is -2.50. The van der Waals surface area contributed by atoms with Gasteiger partial charge in [0.15, 0.2) is 0 Å². The molecule has 0 fully saturated rings.